The molecule has 1 amide bonds. The van der Waals surface area contributed by atoms with Gasteiger partial charge in [-0.2, -0.15) is 5.10 Å². The van der Waals surface area contributed by atoms with Gasteiger partial charge in [-0.1, -0.05) is 32.1 Å². The summed E-state index contributed by atoms with van der Waals surface area (Å²) in [6.07, 6.45) is 8.11. The van der Waals surface area contributed by atoms with Crippen LogP contribution in [0.5, 0.6) is 5.75 Å². The quantitative estimate of drug-likeness (QED) is 0.379. The van der Waals surface area contributed by atoms with E-state index in [4.69, 9.17) is 4.74 Å². The molecule has 0 aliphatic heterocycles. The second-order valence-corrected chi connectivity index (χ2v) is 9.27. The van der Waals surface area contributed by atoms with Crippen LogP contribution in [0.15, 0.2) is 66.2 Å². The van der Waals surface area contributed by atoms with Gasteiger partial charge < -0.3 is 10.1 Å². The van der Waals surface area contributed by atoms with E-state index < -0.39 is 10.8 Å². The molecule has 1 aromatic heterocycles. The minimum absolute atomic E-state index is 0.261. The van der Waals surface area contributed by atoms with Gasteiger partial charge in [0.25, 0.3) is 5.91 Å². The Morgan fingerprint density at radius 1 is 1.29 bits per heavy atom. The number of nitrogens with one attached hydrogen (secondary N) is 1. The number of carbonyl (C=O) groups is 1. The molecule has 1 heterocycles. The van der Waals surface area contributed by atoms with Gasteiger partial charge in [0.15, 0.2) is 0 Å². The standard InChI is InChI=1S/C27H30FN3O3S/c1-6-9-23(18-10-15-25(34-4)26(16-18)35(5)33)30-27(32)21(7-2)22-17-29-31(24(22)8-3)20-13-11-19(28)12-14-20/h7-8,10-17,23H,3,6,9H2,1-2,4-5H3,(H,30,32)/b21-7+/t23-,35?/m1/s1. The molecule has 6 nitrogen and oxygen atoms in total. The molecule has 0 spiro atoms. The maximum Gasteiger partial charge on any atom is 0.252 e. The van der Waals surface area contributed by atoms with E-state index in [0.717, 1.165) is 12.0 Å². The number of allylic oxidation sites excluding steroid dienone is 1. The zero-order chi connectivity index (χ0) is 25.5. The lowest BCUT2D eigenvalue weighted by atomic mass is 10.00. The number of carbonyl (C=O) groups excluding carboxylic acids is 1. The summed E-state index contributed by atoms with van der Waals surface area (Å²) in [6, 6.07) is 11.1. The molecule has 3 rings (SSSR count). The summed E-state index contributed by atoms with van der Waals surface area (Å²) in [5.74, 6) is -0.0535. The average molecular weight is 496 g/mol. The van der Waals surface area contributed by atoms with E-state index in [1.54, 1.807) is 54.4 Å². The number of halogens is 1. The molecular formula is C27H30FN3O3S. The Hall–Kier alpha value is -3.52. The fraction of sp³-hybridized carbons (Fsp3) is 0.259. The molecule has 3 aromatic rings. The molecule has 0 aliphatic carbocycles. The molecule has 0 radical (unpaired) electrons. The van der Waals surface area contributed by atoms with Crippen LogP contribution in [0, 0.1) is 5.82 Å². The van der Waals surface area contributed by atoms with Crippen molar-refractivity contribution in [3.63, 3.8) is 0 Å². The highest BCUT2D eigenvalue weighted by Gasteiger charge is 2.22. The second kappa shape index (κ2) is 11.8. The van der Waals surface area contributed by atoms with E-state index in [-0.39, 0.29) is 17.8 Å². The van der Waals surface area contributed by atoms with Crippen molar-refractivity contribution in [3.8, 4) is 11.4 Å². The van der Waals surface area contributed by atoms with Crippen LogP contribution in [0.4, 0.5) is 4.39 Å². The fourth-order valence-corrected chi connectivity index (χ4v) is 4.68. The van der Waals surface area contributed by atoms with Gasteiger partial charge in [-0.15, -0.1) is 0 Å². The first-order chi connectivity index (χ1) is 16.8. The van der Waals surface area contributed by atoms with Gasteiger partial charge in [0.05, 0.1) is 46.4 Å². The second-order valence-electron chi connectivity index (χ2n) is 7.92. The van der Waals surface area contributed by atoms with Crippen LogP contribution in [0.3, 0.4) is 0 Å². The number of hydrogen-bond donors (Lipinski definition) is 1. The van der Waals surface area contributed by atoms with E-state index in [1.807, 2.05) is 19.1 Å². The van der Waals surface area contributed by atoms with Crippen molar-refractivity contribution >= 4 is 28.4 Å². The van der Waals surface area contributed by atoms with Gasteiger partial charge >= 0.3 is 0 Å². The number of ether oxygens (including phenoxy) is 1. The molecule has 0 bridgehead atoms. The van der Waals surface area contributed by atoms with Gasteiger partial charge in [-0.3, -0.25) is 9.00 Å². The summed E-state index contributed by atoms with van der Waals surface area (Å²) in [7, 11) is 0.300. The molecule has 35 heavy (non-hydrogen) atoms. The van der Waals surface area contributed by atoms with Crippen LogP contribution in [-0.2, 0) is 15.6 Å². The number of rotatable bonds is 10. The first kappa shape index (κ1) is 26.1. The molecule has 8 heteroatoms. The van der Waals surface area contributed by atoms with Crippen molar-refractivity contribution in [1.29, 1.82) is 0 Å². The Bertz CT molecular complexity index is 1270. The highest BCUT2D eigenvalue weighted by Crippen LogP contribution is 2.29. The Morgan fingerprint density at radius 2 is 2.00 bits per heavy atom. The Labute approximate surface area is 208 Å². The van der Waals surface area contributed by atoms with Crippen LogP contribution in [-0.4, -0.2) is 33.3 Å². The Morgan fingerprint density at radius 3 is 2.57 bits per heavy atom. The van der Waals surface area contributed by atoms with E-state index >= 15 is 0 Å². The molecule has 1 unspecified atom stereocenters. The van der Waals surface area contributed by atoms with Crippen LogP contribution in [0.25, 0.3) is 17.3 Å². The van der Waals surface area contributed by atoms with Gasteiger partial charge in [0, 0.05) is 17.4 Å². The largest absolute Gasteiger partial charge is 0.495 e. The summed E-state index contributed by atoms with van der Waals surface area (Å²) in [5.41, 5.74) is 3.20. The fourth-order valence-electron chi connectivity index (χ4n) is 3.94. The van der Waals surface area contributed by atoms with Crippen molar-refractivity contribution in [2.24, 2.45) is 0 Å². The molecule has 2 atom stereocenters. The topological polar surface area (TPSA) is 73.2 Å². The molecule has 184 valence electrons. The molecule has 0 fully saturated rings. The summed E-state index contributed by atoms with van der Waals surface area (Å²) in [6.45, 7) is 7.72. The average Bonchev–Trinajstić information content (AvgIpc) is 3.27. The number of nitrogens with zero attached hydrogens (tertiary/aromatic N) is 2. The first-order valence-electron chi connectivity index (χ1n) is 11.3. The number of benzene rings is 2. The summed E-state index contributed by atoms with van der Waals surface area (Å²) < 4.78 is 32.6. The highest BCUT2D eigenvalue weighted by atomic mass is 32.2. The van der Waals surface area contributed by atoms with Crippen molar-refractivity contribution in [3.05, 3.63) is 84.0 Å². The lowest BCUT2D eigenvalue weighted by Crippen LogP contribution is -2.29. The van der Waals surface area contributed by atoms with Crippen LogP contribution in [0.2, 0.25) is 0 Å². The molecular weight excluding hydrogens is 465 g/mol. The summed E-state index contributed by atoms with van der Waals surface area (Å²) in [5, 5.41) is 7.54. The van der Waals surface area contributed by atoms with Crippen molar-refractivity contribution < 1.29 is 18.1 Å². The van der Waals surface area contributed by atoms with E-state index in [0.29, 0.717) is 39.6 Å². The zero-order valence-corrected chi connectivity index (χ0v) is 21.2. The van der Waals surface area contributed by atoms with Crippen molar-refractivity contribution in [1.82, 2.24) is 15.1 Å². The maximum atomic E-state index is 13.4. The minimum Gasteiger partial charge on any atom is -0.495 e. The number of hydrogen-bond acceptors (Lipinski definition) is 4. The van der Waals surface area contributed by atoms with E-state index in [2.05, 4.69) is 17.0 Å². The number of amides is 1. The van der Waals surface area contributed by atoms with E-state index in [9.17, 15) is 13.4 Å². The Balaban J connectivity index is 1.94. The number of aromatic nitrogens is 2. The van der Waals surface area contributed by atoms with Gasteiger partial charge in [0.1, 0.15) is 11.6 Å². The monoisotopic (exact) mass is 495 g/mol. The summed E-state index contributed by atoms with van der Waals surface area (Å²) in [4.78, 5) is 14.0. The maximum absolute atomic E-state index is 13.4. The number of methoxy groups -OCH3 is 1. The van der Waals surface area contributed by atoms with Crippen LogP contribution in [0.1, 0.15) is 49.6 Å². The third-order valence-electron chi connectivity index (χ3n) is 5.68. The third kappa shape index (κ3) is 5.77. The summed E-state index contributed by atoms with van der Waals surface area (Å²) >= 11 is 0. The zero-order valence-electron chi connectivity index (χ0n) is 20.4. The Kier molecular flexibility index (Phi) is 8.76. The van der Waals surface area contributed by atoms with Crippen molar-refractivity contribution in [2.75, 3.05) is 13.4 Å². The van der Waals surface area contributed by atoms with Crippen molar-refractivity contribution in [2.45, 2.75) is 37.6 Å². The highest BCUT2D eigenvalue weighted by molar-refractivity contribution is 7.84. The van der Waals surface area contributed by atoms with Crippen LogP contribution >= 0.6 is 0 Å². The molecule has 0 aliphatic rings. The van der Waals surface area contributed by atoms with E-state index in [1.165, 1.54) is 19.2 Å². The predicted molar refractivity (Wildman–Crippen MR) is 138 cm³/mol. The smallest absolute Gasteiger partial charge is 0.252 e. The molecule has 1 N–H and O–H groups in total. The lowest BCUT2D eigenvalue weighted by molar-refractivity contribution is -0.116. The lowest BCUT2D eigenvalue weighted by Gasteiger charge is -2.21. The van der Waals surface area contributed by atoms with Crippen LogP contribution < -0.4 is 10.1 Å². The van der Waals surface area contributed by atoms with Gasteiger partial charge in [-0.25, -0.2) is 9.07 Å². The van der Waals surface area contributed by atoms with Gasteiger partial charge in [-0.05, 0) is 61.4 Å². The first-order valence-corrected chi connectivity index (χ1v) is 12.9. The molecule has 0 saturated carbocycles. The molecule has 2 aromatic carbocycles. The molecule has 0 saturated heterocycles. The van der Waals surface area contributed by atoms with Gasteiger partial charge in [0.2, 0.25) is 0 Å². The SMILES string of the molecule is C=Cc1c(/C(=C\C)C(=O)N[C@H](CCC)c2ccc(OC)c(S(C)=O)c2)cnn1-c1ccc(F)cc1. The minimum atomic E-state index is -1.24. The third-order valence-corrected chi connectivity index (χ3v) is 6.62. The predicted octanol–water partition coefficient (Wildman–Crippen LogP) is 5.46. The normalized spacial score (nSPS) is 13.2.